The Morgan fingerprint density at radius 1 is 1.26 bits per heavy atom. The molecule has 9 heteroatoms. The number of imidazole rings is 1. The maximum Gasteiger partial charge on any atom is 0.227 e. The third-order valence-electron chi connectivity index (χ3n) is 4.48. The van der Waals surface area contributed by atoms with E-state index < -0.39 is 6.04 Å². The fraction of sp³-hybridized carbons (Fsp3) is 0.444. The van der Waals surface area contributed by atoms with E-state index in [2.05, 4.69) is 14.9 Å². The van der Waals surface area contributed by atoms with E-state index in [9.17, 15) is 4.79 Å². The topological polar surface area (TPSA) is 91.4 Å². The number of nitrogens with one attached hydrogen (secondary N) is 1. The number of nitrogens with two attached hydrogens (primary N) is 1. The third-order valence-corrected chi connectivity index (χ3v) is 4.48. The van der Waals surface area contributed by atoms with Gasteiger partial charge in [0.1, 0.15) is 11.6 Å². The summed E-state index contributed by atoms with van der Waals surface area (Å²) < 4.78 is 12.6. The minimum atomic E-state index is -0.427. The lowest BCUT2D eigenvalue weighted by Crippen LogP contribution is -2.22. The minimum Gasteiger partial charge on any atom is -0.493 e. The van der Waals surface area contributed by atoms with Crippen LogP contribution in [0.5, 0.6) is 11.5 Å². The number of aromatic nitrogens is 2. The van der Waals surface area contributed by atoms with E-state index in [1.807, 2.05) is 6.07 Å². The molecule has 2 aromatic rings. The van der Waals surface area contributed by atoms with Crippen molar-refractivity contribution in [3.63, 3.8) is 0 Å². The SMILES string of the molecule is COc1ccc(C(N)CC(=O)Nc2cnc3n2CCCC3)cc1OC.Cl.Cl. The number of aryl methyl sites for hydroxylation is 1. The number of hydrogen-bond donors (Lipinski definition) is 2. The number of ether oxygens (including phenoxy) is 2. The molecule has 1 unspecified atom stereocenters. The maximum absolute atomic E-state index is 12.4. The summed E-state index contributed by atoms with van der Waals surface area (Å²) in [5, 5.41) is 2.93. The van der Waals surface area contributed by atoms with Crippen LogP contribution in [-0.4, -0.2) is 29.7 Å². The fourth-order valence-electron chi connectivity index (χ4n) is 3.11. The Labute approximate surface area is 171 Å². The molecular formula is C18H26Cl2N4O3. The highest BCUT2D eigenvalue weighted by molar-refractivity contribution is 5.90. The number of hydrogen-bond acceptors (Lipinski definition) is 5. The molecule has 1 aromatic heterocycles. The summed E-state index contributed by atoms with van der Waals surface area (Å²) in [6.07, 6.45) is 5.11. The van der Waals surface area contributed by atoms with Crippen LogP contribution < -0.4 is 20.5 Å². The molecule has 0 spiro atoms. The molecule has 2 heterocycles. The van der Waals surface area contributed by atoms with Gasteiger partial charge in [-0.1, -0.05) is 6.07 Å². The van der Waals surface area contributed by atoms with Crippen molar-refractivity contribution >= 4 is 36.5 Å². The van der Waals surface area contributed by atoms with Crippen LogP contribution in [0.4, 0.5) is 5.82 Å². The van der Waals surface area contributed by atoms with Crippen LogP contribution in [0.1, 0.15) is 36.7 Å². The highest BCUT2D eigenvalue weighted by Crippen LogP contribution is 2.30. The molecule has 1 aliphatic rings. The van der Waals surface area contributed by atoms with E-state index in [1.165, 1.54) is 0 Å². The average molecular weight is 417 g/mol. The van der Waals surface area contributed by atoms with Gasteiger partial charge >= 0.3 is 0 Å². The Morgan fingerprint density at radius 2 is 2.00 bits per heavy atom. The number of rotatable bonds is 6. The first kappa shape index (κ1) is 23.1. The summed E-state index contributed by atoms with van der Waals surface area (Å²) in [6, 6.07) is 5.01. The van der Waals surface area contributed by atoms with Gasteiger partial charge in [0.2, 0.25) is 5.91 Å². The summed E-state index contributed by atoms with van der Waals surface area (Å²) in [5.41, 5.74) is 7.02. The number of benzene rings is 1. The molecule has 7 nitrogen and oxygen atoms in total. The lowest BCUT2D eigenvalue weighted by Gasteiger charge is -2.18. The fourth-order valence-corrected chi connectivity index (χ4v) is 3.11. The minimum absolute atomic E-state index is 0. The van der Waals surface area contributed by atoms with Crippen LogP contribution >= 0.6 is 24.8 Å². The van der Waals surface area contributed by atoms with Crippen molar-refractivity contribution in [3.8, 4) is 11.5 Å². The molecule has 0 saturated carbocycles. The quantitative estimate of drug-likeness (QED) is 0.754. The molecule has 0 aliphatic carbocycles. The molecule has 0 radical (unpaired) electrons. The van der Waals surface area contributed by atoms with Gasteiger partial charge in [0.05, 0.1) is 20.4 Å². The summed E-state index contributed by atoms with van der Waals surface area (Å²) in [6.45, 7) is 0.896. The zero-order valence-electron chi connectivity index (χ0n) is 15.4. The first-order valence-corrected chi connectivity index (χ1v) is 8.44. The van der Waals surface area contributed by atoms with Gasteiger partial charge in [0.15, 0.2) is 11.5 Å². The van der Waals surface area contributed by atoms with Crippen molar-refractivity contribution < 1.29 is 14.3 Å². The third kappa shape index (κ3) is 5.28. The predicted molar refractivity (Wildman–Crippen MR) is 109 cm³/mol. The molecule has 1 atom stereocenters. The van der Waals surface area contributed by atoms with Crippen LogP contribution in [0, 0.1) is 0 Å². The molecular weight excluding hydrogens is 391 g/mol. The van der Waals surface area contributed by atoms with Crippen molar-refractivity contribution in [2.45, 2.75) is 38.3 Å². The van der Waals surface area contributed by atoms with Gasteiger partial charge < -0.3 is 25.1 Å². The van der Waals surface area contributed by atoms with Crippen molar-refractivity contribution in [1.29, 1.82) is 0 Å². The van der Waals surface area contributed by atoms with Crippen LogP contribution in [0.25, 0.3) is 0 Å². The Balaban J connectivity index is 0.00000182. The van der Waals surface area contributed by atoms with E-state index in [-0.39, 0.29) is 37.1 Å². The number of carbonyl (C=O) groups excluding carboxylic acids is 1. The molecule has 1 amide bonds. The molecule has 0 fully saturated rings. The van der Waals surface area contributed by atoms with Gasteiger partial charge in [-0.05, 0) is 30.5 Å². The Hall–Kier alpha value is -1.96. The molecule has 27 heavy (non-hydrogen) atoms. The zero-order chi connectivity index (χ0) is 17.8. The molecule has 150 valence electrons. The zero-order valence-corrected chi connectivity index (χ0v) is 17.1. The standard InChI is InChI=1S/C18H24N4O3.2ClH/c1-24-14-7-6-12(9-15(14)25-2)13(19)10-18(23)21-17-11-20-16-5-3-4-8-22(16)17;;/h6-7,9,11,13H,3-5,8,10,19H2,1-2H3,(H,21,23);2*1H. The molecule has 3 N–H and O–H groups in total. The van der Waals surface area contributed by atoms with Crippen molar-refractivity contribution in [2.75, 3.05) is 19.5 Å². The van der Waals surface area contributed by atoms with Gasteiger partial charge in [-0.15, -0.1) is 24.8 Å². The Morgan fingerprint density at radius 3 is 2.70 bits per heavy atom. The van der Waals surface area contributed by atoms with Crippen molar-refractivity contribution in [1.82, 2.24) is 9.55 Å². The van der Waals surface area contributed by atoms with E-state index in [1.54, 1.807) is 32.5 Å². The first-order valence-electron chi connectivity index (χ1n) is 8.44. The Bertz CT molecular complexity index is 767. The van der Waals surface area contributed by atoms with Gasteiger partial charge in [-0.2, -0.15) is 0 Å². The number of methoxy groups -OCH3 is 2. The van der Waals surface area contributed by atoms with Crippen LogP contribution in [0.15, 0.2) is 24.4 Å². The van der Waals surface area contributed by atoms with Crippen LogP contribution in [0.2, 0.25) is 0 Å². The van der Waals surface area contributed by atoms with Gasteiger partial charge in [0.25, 0.3) is 0 Å². The second-order valence-corrected chi connectivity index (χ2v) is 6.14. The van der Waals surface area contributed by atoms with Crippen LogP contribution in [0.3, 0.4) is 0 Å². The van der Waals surface area contributed by atoms with Gasteiger partial charge in [-0.25, -0.2) is 4.98 Å². The summed E-state index contributed by atoms with van der Waals surface area (Å²) in [5.74, 6) is 2.88. The second-order valence-electron chi connectivity index (χ2n) is 6.14. The lowest BCUT2D eigenvalue weighted by molar-refractivity contribution is -0.116. The number of carbonyl (C=O) groups is 1. The van der Waals surface area contributed by atoms with E-state index in [4.69, 9.17) is 15.2 Å². The van der Waals surface area contributed by atoms with Gasteiger partial charge in [0, 0.05) is 25.4 Å². The number of amides is 1. The van der Waals surface area contributed by atoms with E-state index in [0.717, 1.165) is 43.0 Å². The highest BCUT2D eigenvalue weighted by Gasteiger charge is 2.18. The monoisotopic (exact) mass is 416 g/mol. The molecule has 1 aliphatic heterocycles. The Kier molecular flexibility index (Phi) is 8.88. The van der Waals surface area contributed by atoms with Gasteiger partial charge in [-0.3, -0.25) is 4.79 Å². The number of anilines is 1. The second kappa shape index (κ2) is 10.4. The maximum atomic E-state index is 12.4. The average Bonchev–Trinajstić information content (AvgIpc) is 3.04. The van der Waals surface area contributed by atoms with Crippen molar-refractivity contribution in [2.24, 2.45) is 5.73 Å². The largest absolute Gasteiger partial charge is 0.493 e. The van der Waals surface area contributed by atoms with E-state index >= 15 is 0 Å². The highest BCUT2D eigenvalue weighted by atomic mass is 35.5. The normalized spacial score (nSPS) is 13.4. The molecule has 0 saturated heterocycles. The number of nitrogens with zero attached hydrogens (tertiary/aromatic N) is 2. The van der Waals surface area contributed by atoms with Crippen molar-refractivity contribution in [3.05, 3.63) is 35.8 Å². The molecule has 3 rings (SSSR count). The first-order chi connectivity index (χ1) is 12.1. The number of fused-ring (bicyclic) bond motifs is 1. The summed E-state index contributed by atoms with van der Waals surface area (Å²) >= 11 is 0. The smallest absolute Gasteiger partial charge is 0.227 e. The number of halogens is 2. The molecule has 1 aromatic carbocycles. The molecule has 0 bridgehead atoms. The predicted octanol–water partition coefficient (Wildman–Crippen LogP) is 3.11. The van der Waals surface area contributed by atoms with E-state index in [0.29, 0.717) is 11.5 Å². The summed E-state index contributed by atoms with van der Waals surface area (Å²) in [4.78, 5) is 16.7. The lowest BCUT2D eigenvalue weighted by atomic mass is 10.0. The van der Waals surface area contributed by atoms with Crippen LogP contribution in [-0.2, 0) is 17.8 Å². The summed E-state index contributed by atoms with van der Waals surface area (Å²) in [7, 11) is 3.15.